The molecule has 0 amide bonds. The lowest BCUT2D eigenvalue weighted by molar-refractivity contribution is 0.0521. The third kappa shape index (κ3) is 2.31. The van der Waals surface area contributed by atoms with Gasteiger partial charge in [-0.3, -0.25) is 5.41 Å². The second-order valence-corrected chi connectivity index (χ2v) is 3.83. The lowest BCUT2D eigenvalue weighted by atomic mass is 10.2. The quantitative estimate of drug-likeness (QED) is 0.835. The Labute approximate surface area is 102 Å². The molecule has 0 bridgehead atoms. The Morgan fingerprint density at radius 1 is 1.47 bits per heavy atom. The van der Waals surface area contributed by atoms with Gasteiger partial charge in [0.15, 0.2) is 0 Å². The van der Waals surface area contributed by atoms with Crippen LogP contribution in [0, 0.1) is 5.41 Å². The van der Waals surface area contributed by atoms with Crippen molar-refractivity contribution in [3.05, 3.63) is 40.4 Å². The number of carbonyl (C=O) groups excluding carboxylic acids is 1. The van der Waals surface area contributed by atoms with Crippen LogP contribution in [0.5, 0.6) is 0 Å². The van der Waals surface area contributed by atoms with Gasteiger partial charge in [-0.05, 0) is 31.2 Å². The van der Waals surface area contributed by atoms with Gasteiger partial charge in [-0.25, -0.2) is 4.79 Å². The maximum atomic E-state index is 11.6. The molecule has 17 heavy (non-hydrogen) atoms. The van der Waals surface area contributed by atoms with Crippen molar-refractivity contribution in [1.82, 2.24) is 0 Å². The fourth-order valence-electron chi connectivity index (χ4n) is 1.47. The van der Waals surface area contributed by atoms with E-state index in [1.807, 2.05) is 0 Å². The van der Waals surface area contributed by atoms with E-state index in [-0.39, 0.29) is 17.7 Å². The lowest BCUT2D eigenvalue weighted by Gasteiger charge is -2.03. The van der Waals surface area contributed by atoms with Crippen LogP contribution in [-0.2, 0) is 4.74 Å². The summed E-state index contributed by atoms with van der Waals surface area (Å²) >= 11 is 5.85. The van der Waals surface area contributed by atoms with Crippen LogP contribution < -0.4 is 5.55 Å². The van der Waals surface area contributed by atoms with E-state index < -0.39 is 5.97 Å². The highest BCUT2D eigenvalue weighted by Crippen LogP contribution is 2.18. The summed E-state index contributed by atoms with van der Waals surface area (Å²) in [5.74, 6) is -0.567. The molecule has 0 saturated heterocycles. The Morgan fingerprint density at radius 3 is 2.94 bits per heavy atom. The first-order chi connectivity index (χ1) is 8.11. The van der Waals surface area contributed by atoms with Crippen LogP contribution in [0.3, 0.4) is 0 Å². The van der Waals surface area contributed by atoms with E-state index in [2.05, 4.69) is 0 Å². The van der Waals surface area contributed by atoms with E-state index in [9.17, 15) is 4.79 Å². The Hall–Kier alpha value is -1.81. The van der Waals surface area contributed by atoms with Crippen molar-refractivity contribution in [1.29, 1.82) is 5.41 Å². The molecule has 88 valence electrons. The average Bonchev–Trinajstić information content (AvgIpc) is 2.29. The third-order valence-electron chi connectivity index (χ3n) is 2.22. The molecule has 0 spiro atoms. The molecule has 1 aromatic carbocycles. The summed E-state index contributed by atoms with van der Waals surface area (Å²) in [7, 11) is 0. The highest BCUT2D eigenvalue weighted by Gasteiger charge is 2.12. The number of halogens is 1. The minimum Gasteiger partial charge on any atom is -0.462 e. The molecule has 0 atom stereocenters. The highest BCUT2D eigenvalue weighted by atomic mass is 35.5. The normalized spacial score (nSPS) is 10.5. The van der Waals surface area contributed by atoms with Gasteiger partial charge in [0, 0.05) is 10.4 Å². The summed E-state index contributed by atoms with van der Waals surface area (Å²) in [5, 5.41) is 8.82. The maximum Gasteiger partial charge on any atom is 0.343 e. The van der Waals surface area contributed by atoms with E-state index in [1.165, 1.54) is 0 Å². The molecular weight excluding hydrogens is 242 g/mol. The molecule has 4 nitrogen and oxygen atoms in total. The van der Waals surface area contributed by atoms with Crippen molar-refractivity contribution in [3.8, 4) is 0 Å². The van der Waals surface area contributed by atoms with E-state index >= 15 is 0 Å². The molecule has 1 N–H and O–H groups in total. The molecule has 0 unspecified atom stereocenters. The molecule has 0 aliphatic heterocycles. The number of hydrogen-bond acceptors (Lipinski definition) is 4. The molecule has 2 rings (SSSR count). The van der Waals surface area contributed by atoms with Crippen molar-refractivity contribution in [2.75, 3.05) is 6.61 Å². The van der Waals surface area contributed by atoms with Gasteiger partial charge in [0.05, 0.1) is 6.61 Å². The van der Waals surface area contributed by atoms with Gasteiger partial charge in [0.2, 0.25) is 5.55 Å². The summed E-state index contributed by atoms with van der Waals surface area (Å²) in [6, 6.07) is 6.54. The minimum atomic E-state index is -0.567. The standard InChI is InChI=1S/C12H10ClNO3/c1-2-16-12(15)9-6-7-5-8(13)3-4-10(7)17-11(9)14/h3-6,14H,2H2,1H3. The third-order valence-corrected chi connectivity index (χ3v) is 2.46. The van der Waals surface area contributed by atoms with Crippen molar-refractivity contribution in [3.63, 3.8) is 0 Å². The first kappa shape index (κ1) is 11.7. The number of hydrogen-bond donors (Lipinski definition) is 1. The highest BCUT2D eigenvalue weighted by molar-refractivity contribution is 6.31. The van der Waals surface area contributed by atoms with Gasteiger partial charge in [-0.15, -0.1) is 0 Å². The zero-order valence-corrected chi connectivity index (χ0v) is 9.88. The number of carbonyl (C=O) groups is 1. The largest absolute Gasteiger partial charge is 0.462 e. The molecule has 1 aromatic heterocycles. The molecule has 0 aliphatic rings. The van der Waals surface area contributed by atoms with Gasteiger partial charge < -0.3 is 9.15 Å². The average molecular weight is 252 g/mol. The van der Waals surface area contributed by atoms with Gasteiger partial charge in [0.1, 0.15) is 11.1 Å². The number of rotatable bonds is 2. The molecular formula is C12H10ClNO3. The van der Waals surface area contributed by atoms with Gasteiger partial charge >= 0.3 is 5.97 Å². The minimum absolute atomic E-state index is 0.0987. The predicted molar refractivity (Wildman–Crippen MR) is 63.0 cm³/mol. The Balaban J connectivity index is 2.61. The van der Waals surface area contributed by atoms with E-state index in [1.54, 1.807) is 31.2 Å². The Kier molecular flexibility index (Phi) is 3.15. The first-order valence-electron chi connectivity index (χ1n) is 5.07. The van der Waals surface area contributed by atoms with Crippen LogP contribution >= 0.6 is 11.6 Å². The summed E-state index contributed by atoms with van der Waals surface area (Å²) < 4.78 is 10.1. The number of fused-ring (bicyclic) bond motifs is 1. The Bertz CT molecular complexity index is 633. The first-order valence-corrected chi connectivity index (χ1v) is 5.44. The van der Waals surface area contributed by atoms with Crippen molar-refractivity contribution in [2.24, 2.45) is 0 Å². The monoisotopic (exact) mass is 251 g/mol. The molecule has 0 fully saturated rings. The van der Waals surface area contributed by atoms with Gasteiger partial charge in [-0.2, -0.15) is 0 Å². The molecule has 2 aromatic rings. The van der Waals surface area contributed by atoms with Crippen LogP contribution in [0.4, 0.5) is 0 Å². The fraction of sp³-hybridized carbons (Fsp3) is 0.167. The fourth-order valence-corrected chi connectivity index (χ4v) is 1.65. The molecule has 0 radical (unpaired) electrons. The molecule has 5 heteroatoms. The number of benzene rings is 1. The zero-order chi connectivity index (χ0) is 12.4. The van der Waals surface area contributed by atoms with Crippen LogP contribution in [0.25, 0.3) is 11.0 Å². The summed E-state index contributed by atoms with van der Waals surface area (Å²) in [6.45, 7) is 1.96. The van der Waals surface area contributed by atoms with Crippen LogP contribution in [-0.4, -0.2) is 12.6 Å². The van der Waals surface area contributed by atoms with Crippen molar-refractivity contribution >= 4 is 28.5 Å². The SMILES string of the molecule is CCOC(=O)c1cc2cc(Cl)ccc2oc1=N. The Morgan fingerprint density at radius 2 is 2.24 bits per heavy atom. The van der Waals surface area contributed by atoms with Crippen LogP contribution in [0.15, 0.2) is 28.7 Å². The number of nitrogens with one attached hydrogen (secondary N) is 1. The zero-order valence-electron chi connectivity index (χ0n) is 9.12. The second kappa shape index (κ2) is 4.59. The smallest absolute Gasteiger partial charge is 0.343 e. The summed E-state index contributed by atoms with van der Waals surface area (Å²) in [5.41, 5.74) is 0.396. The summed E-state index contributed by atoms with van der Waals surface area (Å²) in [6.07, 6.45) is 0. The second-order valence-electron chi connectivity index (χ2n) is 3.39. The van der Waals surface area contributed by atoms with E-state index in [0.29, 0.717) is 16.0 Å². The van der Waals surface area contributed by atoms with Crippen LogP contribution in [0.2, 0.25) is 5.02 Å². The topological polar surface area (TPSA) is 63.3 Å². The maximum absolute atomic E-state index is 11.6. The van der Waals surface area contributed by atoms with E-state index in [0.717, 1.165) is 0 Å². The van der Waals surface area contributed by atoms with Crippen molar-refractivity contribution in [2.45, 2.75) is 6.92 Å². The predicted octanol–water partition coefficient (Wildman–Crippen LogP) is 2.74. The van der Waals surface area contributed by atoms with Gasteiger partial charge in [0.25, 0.3) is 0 Å². The molecule has 1 heterocycles. The van der Waals surface area contributed by atoms with E-state index in [4.69, 9.17) is 26.2 Å². The van der Waals surface area contributed by atoms with Crippen LogP contribution in [0.1, 0.15) is 17.3 Å². The molecule has 0 saturated carbocycles. The number of ether oxygens (including phenoxy) is 1. The van der Waals surface area contributed by atoms with Gasteiger partial charge in [-0.1, -0.05) is 11.6 Å². The lowest BCUT2D eigenvalue weighted by Crippen LogP contribution is -2.16. The summed E-state index contributed by atoms with van der Waals surface area (Å²) in [4.78, 5) is 11.6. The number of esters is 1. The molecule has 0 aliphatic carbocycles. The van der Waals surface area contributed by atoms with Crippen molar-refractivity contribution < 1.29 is 13.9 Å².